The zero-order valence-corrected chi connectivity index (χ0v) is 22.5. The van der Waals surface area contributed by atoms with E-state index < -0.39 is 18.0 Å². The number of hydrogen-bond acceptors (Lipinski definition) is 7. The summed E-state index contributed by atoms with van der Waals surface area (Å²) < 4.78 is 16.1. The molecule has 0 aromatic heterocycles. The average molecular weight is 501 g/mol. The smallest absolute Gasteiger partial charge is 0.308 e. The lowest BCUT2D eigenvalue weighted by atomic mass is 9.63. The highest BCUT2D eigenvalue weighted by atomic mass is 16.5. The highest BCUT2D eigenvalue weighted by Gasteiger charge is 2.37. The minimum absolute atomic E-state index is 0.0118. The minimum Gasteiger partial charge on any atom is -0.490 e. The third-order valence-electron chi connectivity index (χ3n) is 6.39. The van der Waals surface area contributed by atoms with Gasteiger partial charge >= 0.3 is 11.9 Å². The molecule has 1 aliphatic rings. The number of fused-ring (bicyclic) bond motifs is 1. The minimum atomic E-state index is -0.811. The van der Waals surface area contributed by atoms with E-state index in [9.17, 15) is 14.7 Å². The van der Waals surface area contributed by atoms with Gasteiger partial charge in [0.2, 0.25) is 0 Å². The van der Waals surface area contributed by atoms with Crippen LogP contribution in [0.5, 0.6) is 11.5 Å². The summed E-state index contributed by atoms with van der Waals surface area (Å²) in [6.07, 6.45) is 1.42. The Labute approximate surface area is 214 Å². The van der Waals surface area contributed by atoms with E-state index in [0.717, 1.165) is 18.4 Å². The third-order valence-corrected chi connectivity index (χ3v) is 6.39. The van der Waals surface area contributed by atoms with E-state index in [0.29, 0.717) is 11.3 Å². The largest absolute Gasteiger partial charge is 0.490 e. The lowest BCUT2D eigenvalue weighted by molar-refractivity contribution is -0.142. The van der Waals surface area contributed by atoms with Crippen LogP contribution in [0.1, 0.15) is 89.7 Å². The monoisotopic (exact) mass is 500 g/mol. The zero-order valence-electron chi connectivity index (χ0n) is 22.5. The second-order valence-corrected chi connectivity index (χ2v) is 10.4. The molecular weight excluding hydrogens is 460 g/mol. The van der Waals surface area contributed by atoms with Crippen LogP contribution in [0.3, 0.4) is 0 Å². The van der Waals surface area contributed by atoms with E-state index in [1.165, 1.54) is 25.0 Å². The van der Waals surface area contributed by atoms with Gasteiger partial charge in [-0.1, -0.05) is 45.9 Å². The summed E-state index contributed by atoms with van der Waals surface area (Å²) in [6, 6.07) is 11.1. The second-order valence-electron chi connectivity index (χ2n) is 10.4. The summed E-state index contributed by atoms with van der Waals surface area (Å²) in [4.78, 5) is 22.6. The molecule has 0 saturated heterocycles. The molecular formula is C29H40O7. The van der Waals surface area contributed by atoms with Crippen LogP contribution in [0, 0.1) is 0 Å². The van der Waals surface area contributed by atoms with Crippen LogP contribution < -0.4 is 9.47 Å². The van der Waals surface area contributed by atoms with Gasteiger partial charge in [-0.2, -0.15) is 0 Å². The molecule has 1 unspecified atom stereocenters. The molecule has 0 bridgehead atoms. The van der Waals surface area contributed by atoms with Crippen molar-refractivity contribution in [2.24, 2.45) is 0 Å². The molecule has 198 valence electrons. The van der Waals surface area contributed by atoms with Crippen LogP contribution in [-0.2, 0) is 31.8 Å². The summed E-state index contributed by atoms with van der Waals surface area (Å²) in [6.45, 7) is 13.6. The van der Waals surface area contributed by atoms with Crippen LogP contribution in [0.4, 0.5) is 0 Å². The molecule has 0 spiro atoms. The first-order valence-corrected chi connectivity index (χ1v) is 12.3. The first-order chi connectivity index (χ1) is 16.8. The van der Waals surface area contributed by atoms with Gasteiger partial charge in [0.1, 0.15) is 30.8 Å². The molecule has 0 heterocycles. The Morgan fingerprint density at radius 2 is 1.56 bits per heavy atom. The van der Waals surface area contributed by atoms with E-state index in [1.807, 2.05) is 6.07 Å². The summed E-state index contributed by atoms with van der Waals surface area (Å²) in [5.74, 6) is -0.218. The van der Waals surface area contributed by atoms with E-state index in [1.54, 1.807) is 25.1 Å². The van der Waals surface area contributed by atoms with Crippen molar-refractivity contribution < 1.29 is 34.0 Å². The van der Waals surface area contributed by atoms with Crippen LogP contribution in [0.25, 0.3) is 0 Å². The predicted molar refractivity (Wildman–Crippen MR) is 138 cm³/mol. The maximum absolute atomic E-state index is 11.5. The van der Waals surface area contributed by atoms with Crippen molar-refractivity contribution in [1.29, 1.82) is 0 Å². The third kappa shape index (κ3) is 7.80. The number of carbonyl (C=O) groups excluding carboxylic acids is 2. The van der Waals surface area contributed by atoms with Crippen molar-refractivity contribution in [3.05, 3.63) is 58.7 Å². The van der Waals surface area contributed by atoms with E-state index >= 15 is 0 Å². The molecule has 7 nitrogen and oxygen atoms in total. The quantitative estimate of drug-likeness (QED) is 0.401. The van der Waals surface area contributed by atoms with Crippen LogP contribution in [0.2, 0.25) is 0 Å². The Morgan fingerprint density at radius 1 is 0.944 bits per heavy atom. The van der Waals surface area contributed by atoms with Crippen molar-refractivity contribution >= 4 is 11.9 Å². The fourth-order valence-corrected chi connectivity index (χ4v) is 4.26. The lowest BCUT2D eigenvalue weighted by Gasteiger charge is -2.42. The van der Waals surface area contributed by atoms with Crippen LogP contribution in [0.15, 0.2) is 36.4 Å². The van der Waals surface area contributed by atoms with Gasteiger partial charge in [-0.15, -0.1) is 0 Å². The summed E-state index contributed by atoms with van der Waals surface area (Å²) in [7, 11) is 0. The first kappa shape index (κ1) is 29.3. The van der Waals surface area contributed by atoms with Gasteiger partial charge in [0.25, 0.3) is 0 Å². The van der Waals surface area contributed by atoms with E-state index in [4.69, 9.17) is 19.3 Å². The number of hydrogen-bond donors (Lipinski definition) is 2. The molecule has 0 amide bonds. The number of benzene rings is 2. The second kappa shape index (κ2) is 12.4. The van der Waals surface area contributed by atoms with Crippen molar-refractivity contribution in [3.8, 4) is 11.5 Å². The Hall–Kier alpha value is -2.90. The van der Waals surface area contributed by atoms with Gasteiger partial charge in [0.05, 0.1) is 0 Å². The fraction of sp³-hybridized carbons (Fsp3) is 0.517. The highest BCUT2D eigenvalue weighted by molar-refractivity contribution is 5.70. The molecule has 2 aromatic rings. The van der Waals surface area contributed by atoms with Crippen molar-refractivity contribution in [1.82, 2.24) is 0 Å². The predicted octanol–water partition coefficient (Wildman–Crippen LogP) is 5.14. The van der Waals surface area contributed by atoms with Crippen molar-refractivity contribution in [3.63, 3.8) is 0 Å². The average Bonchev–Trinajstić information content (AvgIpc) is 2.80. The standard InChI is InChI=1S/C27H34O6.C2H6O/c1-17(28)31-15-20-7-9-21(14-25(20)33-18(2)29)32-16-24(30)19-8-10-22-23(13-19)27(5,6)12-11-26(22,3)4;1-2-3/h7-10,13-14,24,30H,11-12,15-16H2,1-6H3;3H,2H2,1H3. The molecule has 0 radical (unpaired) electrons. The van der Waals surface area contributed by atoms with Gasteiger partial charge in [-0.25, -0.2) is 0 Å². The van der Waals surface area contributed by atoms with Crippen LogP contribution >= 0.6 is 0 Å². The zero-order chi connectivity index (χ0) is 27.1. The molecule has 36 heavy (non-hydrogen) atoms. The number of aliphatic hydroxyl groups excluding tert-OH is 2. The number of carbonyl (C=O) groups is 2. The van der Waals surface area contributed by atoms with Crippen molar-refractivity contribution in [2.75, 3.05) is 13.2 Å². The number of esters is 2. The maximum atomic E-state index is 11.5. The molecule has 0 aliphatic heterocycles. The molecule has 2 N–H and O–H groups in total. The Balaban J connectivity index is 0.00000145. The van der Waals surface area contributed by atoms with Gasteiger partial charge in [0.15, 0.2) is 0 Å². The molecule has 3 rings (SSSR count). The molecule has 1 atom stereocenters. The summed E-state index contributed by atoms with van der Waals surface area (Å²) in [5, 5.41) is 18.4. The van der Waals surface area contributed by atoms with Gasteiger partial charge in [-0.3, -0.25) is 9.59 Å². The Bertz CT molecular complexity index is 1060. The summed E-state index contributed by atoms with van der Waals surface area (Å²) >= 11 is 0. The van der Waals surface area contributed by atoms with E-state index in [2.05, 4.69) is 39.8 Å². The lowest BCUT2D eigenvalue weighted by Crippen LogP contribution is -2.34. The number of aliphatic hydroxyl groups is 2. The molecule has 2 aromatic carbocycles. The maximum Gasteiger partial charge on any atom is 0.308 e. The van der Waals surface area contributed by atoms with Gasteiger partial charge in [-0.05, 0) is 59.4 Å². The topological polar surface area (TPSA) is 102 Å². The summed E-state index contributed by atoms with van der Waals surface area (Å²) in [5.41, 5.74) is 4.15. The number of rotatable bonds is 7. The Morgan fingerprint density at radius 3 is 2.14 bits per heavy atom. The van der Waals surface area contributed by atoms with Gasteiger partial charge in [0, 0.05) is 32.1 Å². The Kier molecular flexibility index (Phi) is 10.1. The van der Waals surface area contributed by atoms with E-state index in [-0.39, 0.29) is 36.4 Å². The number of ether oxygens (including phenoxy) is 3. The molecule has 7 heteroatoms. The fourth-order valence-electron chi connectivity index (χ4n) is 4.26. The normalized spacial score (nSPS) is 16.0. The molecule has 0 saturated carbocycles. The van der Waals surface area contributed by atoms with Crippen LogP contribution in [-0.4, -0.2) is 35.4 Å². The SMILES string of the molecule is CC(=O)OCc1ccc(OCC(O)c2ccc3c(c2)C(C)(C)CCC3(C)C)cc1OC(C)=O.CCO. The highest BCUT2D eigenvalue weighted by Crippen LogP contribution is 2.46. The first-order valence-electron chi connectivity index (χ1n) is 12.3. The molecule has 0 fully saturated rings. The molecule has 1 aliphatic carbocycles. The van der Waals surface area contributed by atoms with Crippen molar-refractivity contribution in [2.45, 2.75) is 84.8 Å². The van der Waals surface area contributed by atoms with Gasteiger partial charge < -0.3 is 24.4 Å².